The molecule has 2 aromatic rings. The fourth-order valence-corrected chi connectivity index (χ4v) is 3.80. The van der Waals surface area contributed by atoms with Gasteiger partial charge in [-0.25, -0.2) is 0 Å². The minimum absolute atomic E-state index is 0.121. The van der Waals surface area contributed by atoms with Crippen molar-refractivity contribution in [1.82, 2.24) is 10.2 Å². The fourth-order valence-electron chi connectivity index (χ4n) is 3.80. The highest BCUT2D eigenvalue weighted by Crippen LogP contribution is 2.29. The first-order valence-electron chi connectivity index (χ1n) is 7.85. The predicted octanol–water partition coefficient (Wildman–Crippen LogP) is 2.79. The lowest BCUT2D eigenvalue weighted by atomic mass is 10.0. The van der Waals surface area contributed by atoms with Gasteiger partial charge in [0.25, 0.3) is 5.91 Å². The van der Waals surface area contributed by atoms with Gasteiger partial charge in [-0.15, -0.1) is 0 Å². The van der Waals surface area contributed by atoms with Crippen molar-refractivity contribution in [2.75, 3.05) is 13.1 Å². The second-order valence-corrected chi connectivity index (χ2v) is 6.06. The molecule has 0 aliphatic carbocycles. The van der Waals surface area contributed by atoms with E-state index in [2.05, 4.69) is 10.2 Å². The van der Waals surface area contributed by atoms with Crippen molar-refractivity contribution < 1.29 is 9.21 Å². The van der Waals surface area contributed by atoms with Gasteiger partial charge in [0.1, 0.15) is 11.8 Å². The highest BCUT2D eigenvalue weighted by atomic mass is 16.3. The summed E-state index contributed by atoms with van der Waals surface area (Å²) in [5.41, 5.74) is 1.49. The van der Waals surface area contributed by atoms with E-state index in [1.165, 1.54) is 12.8 Å². The Labute approximate surface area is 124 Å². The van der Waals surface area contributed by atoms with Crippen LogP contribution in [0.3, 0.4) is 0 Å². The number of nitrogens with zero attached hydrogens (tertiary/aromatic N) is 1. The van der Waals surface area contributed by atoms with E-state index in [0.717, 1.165) is 36.9 Å². The van der Waals surface area contributed by atoms with Crippen LogP contribution in [0.5, 0.6) is 0 Å². The van der Waals surface area contributed by atoms with Gasteiger partial charge in [0, 0.05) is 24.0 Å². The van der Waals surface area contributed by atoms with E-state index in [-0.39, 0.29) is 5.91 Å². The second-order valence-electron chi connectivity index (χ2n) is 6.06. The summed E-state index contributed by atoms with van der Waals surface area (Å²) in [7, 11) is 0. The number of nitrogens with one attached hydrogen (secondary N) is 1. The molecule has 1 amide bonds. The van der Waals surface area contributed by atoms with Crippen molar-refractivity contribution in [3.05, 3.63) is 36.1 Å². The molecule has 4 heteroatoms. The highest BCUT2D eigenvalue weighted by Gasteiger charge is 2.36. The summed E-state index contributed by atoms with van der Waals surface area (Å²) in [4.78, 5) is 15.0. The zero-order valence-electron chi connectivity index (χ0n) is 12.0. The Hall–Kier alpha value is -1.81. The number of rotatable bonds is 2. The molecule has 1 aromatic carbocycles. The molecule has 1 N–H and O–H groups in total. The molecule has 2 aliphatic heterocycles. The van der Waals surface area contributed by atoms with E-state index in [9.17, 15) is 4.79 Å². The number of hydrogen-bond donors (Lipinski definition) is 1. The van der Waals surface area contributed by atoms with Crippen LogP contribution in [0, 0.1) is 0 Å². The molecule has 0 bridgehead atoms. The van der Waals surface area contributed by atoms with Crippen molar-refractivity contribution in [2.24, 2.45) is 0 Å². The van der Waals surface area contributed by atoms with Gasteiger partial charge < -0.3 is 14.6 Å². The largest absolute Gasteiger partial charge is 0.463 e. The molecule has 21 heavy (non-hydrogen) atoms. The minimum Gasteiger partial charge on any atom is -0.463 e. The Kier molecular flexibility index (Phi) is 3.19. The SMILES string of the molecule is O=C(c1coc2ccccc12)N1CCCC1C1CCCN1. The first-order valence-corrected chi connectivity index (χ1v) is 7.85. The second kappa shape index (κ2) is 5.19. The third-order valence-electron chi connectivity index (χ3n) is 4.83. The number of para-hydroxylation sites is 1. The standard InChI is InChI=1S/C17H20N2O2/c20-17(13-11-21-16-8-2-1-5-12(13)16)19-10-4-7-15(19)14-6-3-9-18-14/h1-2,5,8,11,14-15,18H,3-4,6-7,9-10H2. The molecule has 2 saturated heterocycles. The molecule has 1 aromatic heterocycles. The van der Waals surface area contributed by atoms with Crippen LogP contribution in [-0.4, -0.2) is 36.0 Å². The van der Waals surface area contributed by atoms with Crippen molar-refractivity contribution in [3.63, 3.8) is 0 Å². The molecule has 4 rings (SSSR count). The average molecular weight is 284 g/mol. The number of amides is 1. The van der Waals surface area contributed by atoms with Gasteiger partial charge in [-0.05, 0) is 38.3 Å². The Morgan fingerprint density at radius 1 is 1.24 bits per heavy atom. The van der Waals surface area contributed by atoms with Crippen LogP contribution >= 0.6 is 0 Å². The van der Waals surface area contributed by atoms with Gasteiger partial charge >= 0.3 is 0 Å². The summed E-state index contributed by atoms with van der Waals surface area (Å²) < 4.78 is 5.53. The number of furan rings is 1. The molecule has 2 atom stereocenters. The van der Waals surface area contributed by atoms with Gasteiger partial charge in [0.2, 0.25) is 0 Å². The lowest BCUT2D eigenvalue weighted by Gasteiger charge is -2.29. The monoisotopic (exact) mass is 284 g/mol. The molecular weight excluding hydrogens is 264 g/mol. The first kappa shape index (κ1) is 12.9. The Morgan fingerprint density at radius 3 is 3.00 bits per heavy atom. The quantitative estimate of drug-likeness (QED) is 0.922. The molecule has 2 fully saturated rings. The molecule has 0 radical (unpaired) electrons. The minimum atomic E-state index is 0.121. The molecule has 2 unspecified atom stereocenters. The van der Waals surface area contributed by atoms with Gasteiger partial charge in [-0.1, -0.05) is 18.2 Å². The normalized spacial score (nSPS) is 25.8. The Morgan fingerprint density at radius 2 is 2.14 bits per heavy atom. The van der Waals surface area contributed by atoms with Crippen LogP contribution in [0.1, 0.15) is 36.0 Å². The van der Waals surface area contributed by atoms with E-state index in [0.29, 0.717) is 17.6 Å². The lowest BCUT2D eigenvalue weighted by Crippen LogP contribution is -2.46. The molecule has 4 nitrogen and oxygen atoms in total. The maximum absolute atomic E-state index is 12.9. The molecule has 110 valence electrons. The number of likely N-dealkylation sites (tertiary alicyclic amines) is 1. The summed E-state index contributed by atoms with van der Waals surface area (Å²) in [6.45, 7) is 1.94. The van der Waals surface area contributed by atoms with Crippen molar-refractivity contribution >= 4 is 16.9 Å². The highest BCUT2D eigenvalue weighted by molar-refractivity contribution is 6.06. The van der Waals surface area contributed by atoms with Crippen molar-refractivity contribution in [3.8, 4) is 0 Å². The lowest BCUT2D eigenvalue weighted by molar-refractivity contribution is 0.0712. The predicted molar refractivity (Wildman–Crippen MR) is 81.3 cm³/mol. The van der Waals surface area contributed by atoms with Crippen LogP contribution in [-0.2, 0) is 0 Å². The van der Waals surface area contributed by atoms with Crippen LogP contribution < -0.4 is 5.32 Å². The Bertz CT molecular complexity index is 658. The molecular formula is C17H20N2O2. The maximum atomic E-state index is 12.9. The topological polar surface area (TPSA) is 45.5 Å². The third kappa shape index (κ3) is 2.14. The zero-order valence-corrected chi connectivity index (χ0v) is 12.0. The number of hydrogen-bond acceptors (Lipinski definition) is 3. The van der Waals surface area contributed by atoms with Crippen LogP contribution in [0.25, 0.3) is 11.0 Å². The fraction of sp³-hybridized carbons (Fsp3) is 0.471. The van der Waals surface area contributed by atoms with E-state index in [1.54, 1.807) is 6.26 Å². The van der Waals surface area contributed by atoms with Crippen LogP contribution in [0.4, 0.5) is 0 Å². The van der Waals surface area contributed by atoms with E-state index >= 15 is 0 Å². The van der Waals surface area contributed by atoms with Crippen molar-refractivity contribution in [1.29, 1.82) is 0 Å². The summed E-state index contributed by atoms with van der Waals surface area (Å²) in [5, 5.41) is 4.47. The van der Waals surface area contributed by atoms with Gasteiger partial charge in [0.15, 0.2) is 0 Å². The van der Waals surface area contributed by atoms with Crippen LogP contribution in [0.15, 0.2) is 34.9 Å². The smallest absolute Gasteiger partial charge is 0.258 e. The van der Waals surface area contributed by atoms with Crippen molar-refractivity contribution in [2.45, 2.75) is 37.8 Å². The van der Waals surface area contributed by atoms with Gasteiger partial charge in [-0.2, -0.15) is 0 Å². The molecule has 0 spiro atoms. The number of fused-ring (bicyclic) bond motifs is 1. The molecule has 0 saturated carbocycles. The summed E-state index contributed by atoms with van der Waals surface area (Å²) in [6, 6.07) is 8.57. The summed E-state index contributed by atoms with van der Waals surface area (Å²) >= 11 is 0. The molecule has 2 aliphatic rings. The summed E-state index contributed by atoms with van der Waals surface area (Å²) in [5.74, 6) is 0.121. The van der Waals surface area contributed by atoms with E-state index in [4.69, 9.17) is 4.42 Å². The van der Waals surface area contributed by atoms with Crippen LogP contribution in [0.2, 0.25) is 0 Å². The Balaban J connectivity index is 1.64. The van der Waals surface area contributed by atoms with E-state index < -0.39 is 0 Å². The number of carbonyl (C=O) groups is 1. The number of benzene rings is 1. The summed E-state index contributed by atoms with van der Waals surface area (Å²) in [6.07, 6.45) is 6.23. The third-order valence-corrected chi connectivity index (χ3v) is 4.83. The average Bonchev–Trinajstić information content (AvgIpc) is 3.25. The first-order chi connectivity index (χ1) is 10.3. The zero-order chi connectivity index (χ0) is 14.2. The van der Waals surface area contributed by atoms with Gasteiger partial charge in [0.05, 0.1) is 5.56 Å². The van der Waals surface area contributed by atoms with Gasteiger partial charge in [-0.3, -0.25) is 4.79 Å². The van der Waals surface area contributed by atoms with E-state index in [1.807, 2.05) is 24.3 Å². The molecule has 3 heterocycles. The maximum Gasteiger partial charge on any atom is 0.258 e. The number of carbonyl (C=O) groups excluding carboxylic acids is 1.